The molecule has 0 aliphatic carbocycles. The second-order valence-electron chi connectivity index (χ2n) is 5.47. The lowest BCUT2D eigenvalue weighted by Gasteiger charge is -2.10. The van der Waals surface area contributed by atoms with E-state index in [0.717, 1.165) is 5.56 Å². The number of carbonyl (C=O) groups excluding carboxylic acids is 3. The molecule has 150 valence electrons. The maximum Gasteiger partial charge on any atom is 0.312 e. The maximum atomic E-state index is 11.9. The van der Waals surface area contributed by atoms with Crippen LogP contribution in [-0.4, -0.2) is 57.2 Å². The summed E-state index contributed by atoms with van der Waals surface area (Å²) >= 11 is 1.35. The molecule has 0 aliphatic rings. The molecule has 2 aromatic rings. The van der Waals surface area contributed by atoms with Crippen LogP contribution < -0.4 is 20.1 Å². The smallest absolute Gasteiger partial charge is 0.312 e. The summed E-state index contributed by atoms with van der Waals surface area (Å²) in [5.41, 5.74) is 1.26. The van der Waals surface area contributed by atoms with Crippen LogP contribution in [0, 0.1) is 0 Å². The number of para-hydroxylation sites is 1. The molecule has 1 heterocycles. The first-order chi connectivity index (χ1) is 13.5. The van der Waals surface area contributed by atoms with Gasteiger partial charge in [0.05, 0.1) is 38.4 Å². The van der Waals surface area contributed by atoms with E-state index < -0.39 is 18.5 Å². The minimum Gasteiger partial charge on any atom is -0.493 e. The highest BCUT2D eigenvalue weighted by Gasteiger charge is 2.16. The molecule has 1 aromatic heterocycles. The molecule has 10 heteroatoms. The number of hydrogen-bond donors (Lipinski definition) is 2. The Morgan fingerprint density at radius 3 is 2.61 bits per heavy atom. The molecule has 28 heavy (non-hydrogen) atoms. The minimum absolute atomic E-state index is 0.0779. The van der Waals surface area contributed by atoms with Crippen molar-refractivity contribution in [3.63, 3.8) is 0 Å². The highest BCUT2D eigenvalue weighted by molar-refractivity contribution is 7.13. The van der Waals surface area contributed by atoms with Crippen molar-refractivity contribution in [3.05, 3.63) is 29.3 Å². The van der Waals surface area contributed by atoms with Crippen molar-refractivity contribution in [1.82, 2.24) is 15.6 Å². The number of benzene rings is 1. The summed E-state index contributed by atoms with van der Waals surface area (Å²) in [6.45, 7) is -0.638. The van der Waals surface area contributed by atoms with Crippen molar-refractivity contribution in [1.29, 1.82) is 0 Å². The zero-order chi connectivity index (χ0) is 20.5. The Bertz CT molecular complexity index is 852. The summed E-state index contributed by atoms with van der Waals surface area (Å²) in [5.74, 6) is -0.357. The fraction of sp³-hybridized carbons (Fsp3) is 0.333. The highest BCUT2D eigenvalue weighted by atomic mass is 32.1. The summed E-state index contributed by atoms with van der Waals surface area (Å²) in [5, 5.41) is 7.10. The standard InChI is InChI=1S/C18H21N3O6S/c1-19-14(22)8-20-15(23)9-27-16(24)7-11-10-28-18(21-11)12-5-4-6-13(25-2)17(12)26-3/h4-6,10H,7-9H2,1-3H3,(H,19,22)(H,20,23). The third-order valence-corrected chi connectivity index (χ3v) is 4.52. The topological polar surface area (TPSA) is 116 Å². The summed E-state index contributed by atoms with van der Waals surface area (Å²) in [6.07, 6.45) is -0.0779. The van der Waals surface area contributed by atoms with Crippen molar-refractivity contribution in [2.45, 2.75) is 6.42 Å². The van der Waals surface area contributed by atoms with Crippen LogP contribution in [0.25, 0.3) is 10.6 Å². The summed E-state index contributed by atoms with van der Waals surface area (Å²) in [4.78, 5) is 38.9. The minimum atomic E-state index is -0.593. The number of likely N-dealkylation sites (N-methyl/N-ethyl adjacent to an activating group) is 1. The molecule has 0 unspecified atom stereocenters. The first kappa shape index (κ1) is 21.2. The van der Waals surface area contributed by atoms with Gasteiger partial charge in [-0.05, 0) is 12.1 Å². The molecule has 0 saturated carbocycles. The van der Waals surface area contributed by atoms with E-state index in [4.69, 9.17) is 14.2 Å². The SMILES string of the molecule is CNC(=O)CNC(=O)COC(=O)Cc1csc(-c2cccc(OC)c2OC)n1. The summed E-state index contributed by atoms with van der Waals surface area (Å²) < 4.78 is 15.6. The molecule has 2 N–H and O–H groups in total. The van der Waals surface area contributed by atoms with E-state index in [1.54, 1.807) is 25.7 Å². The molecule has 0 fully saturated rings. The van der Waals surface area contributed by atoms with E-state index in [-0.39, 0.29) is 18.9 Å². The van der Waals surface area contributed by atoms with Crippen LogP contribution >= 0.6 is 11.3 Å². The third kappa shape index (κ3) is 5.68. The van der Waals surface area contributed by atoms with Gasteiger partial charge in [-0.3, -0.25) is 14.4 Å². The number of rotatable bonds is 9. The van der Waals surface area contributed by atoms with Crippen LogP contribution in [0.4, 0.5) is 0 Å². The van der Waals surface area contributed by atoms with Crippen molar-refractivity contribution in [2.24, 2.45) is 0 Å². The predicted octanol–water partition coefficient (Wildman–Crippen LogP) is 0.775. The van der Waals surface area contributed by atoms with Gasteiger partial charge in [0.2, 0.25) is 5.91 Å². The van der Waals surface area contributed by atoms with E-state index in [2.05, 4.69) is 15.6 Å². The van der Waals surface area contributed by atoms with Gasteiger partial charge in [-0.1, -0.05) is 6.07 Å². The van der Waals surface area contributed by atoms with Gasteiger partial charge >= 0.3 is 5.97 Å². The first-order valence-electron chi connectivity index (χ1n) is 8.27. The molecular formula is C18H21N3O6S. The molecular weight excluding hydrogens is 386 g/mol. The quantitative estimate of drug-likeness (QED) is 0.590. The van der Waals surface area contributed by atoms with Crippen LogP contribution in [-0.2, 0) is 25.5 Å². The van der Waals surface area contributed by atoms with Crippen LogP contribution in [0.3, 0.4) is 0 Å². The number of carbonyl (C=O) groups is 3. The molecule has 0 atom stereocenters. The average molecular weight is 407 g/mol. The van der Waals surface area contributed by atoms with Gasteiger partial charge < -0.3 is 24.8 Å². The van der Waals surface area contributed by atoms with Crippen molar-refractivity contribution >= 4 is 29.1 Å². The molecule has 2 amide bonds. The third-order valence-electron chi connectivity index (χ3n) is 3.60. The monoisotopic (exact) mass is 407 g/mol. The number of methoxy groups -OCH3 is 2. The fourth-order valence-electron chi connectivity index (χ4n) is 2.23. The Kier molecular flexibility index (Phi) is 7.76. The van der Waals surface area contributed by atoms with Gasteiger partial charge in [-0.15, -0.1) is 11.3 Å². The van der Waals surface area contributed by atoms with Gasteiger partial charge in [0.25, 0.3) is 5.91 Å². The fourth-order valence-corrected chi connectivity index (χ4v) is 3.07. The van der Waals surface area contributed by atoms with Gasteiger partial charge in [-0.25, -0.2) is 4.98 Å². The molecule has 0 radical (unpaired) electrons. The zero-order valence-electron chi connectivity index (χ0n) is 15.7. The maximum absolute atomic E-state index is 11.9. The Labute approximate surface area is 166 Å². The Morgan fingerprint density at radius 2 is 1.93 bits per heavy atom. The van der Waals surface area contributed by atoms with Crippen molar-refractivity contribution in [2.75, 3.05) is 34.4 Å². The zero-order valence-corrected chi connectivity index (χ0v) is 16.6. The normalized spacial score (nSPS) is 10.1. The number of nitrogens with zero attached hydrogens (tertiary/aromatic N) is 1. The molecule has 9 nitrogen and oxygen atoms in total. The van der Waals surface area contributed by atoms with Crippen LogP contribution in [0.15, 0.2) is 23.6 Å². The summed E-state index contributed by atoms with van der Waals surface area (Å²) in [7, 11) is 4.55. The average Bonchev–Trinajstić information content (AvgIpc) is 3.17. The van der Waals surface area contributed by atoms with Gasteiger partial charge in [0, 0.05) is 12.4 Å². The van der Waals surface area contributed by atoms with Gasteiger partial charge in [0.15, 0.2) is 18.1 Å². The van der Waals surface area contributed by atoms with E-state index >= 15 is 0 Å². The van der Waals surface area contributed by atoms with Crippen molar-refractivity contribution < 1.29 is 28.6 Å². The second kappa shape index (κ2) is 10.3. The Hall–Kier alpha value is -3.14. The lowest BCUT2D eigenvalue weighted by Crippen LogP contribution is -2.37. The number of hydrogen-bond acceptors (Lipinski definition) is 8. The molecule has 0 spiro atoms. The highest BCUT2D eigenvalue weighted by Crippen LogP contribution is 2.38. The lowest BCUT2D eigenvalue weighted by atomic mass is 10.2. The molecule has 0 saturated heterocycles. The van der Waals surface area contributed by atoms with E-state index in [1.807, 2.05) is 12.1 Å². The number of amides is 2. The number of aromatic nitrogens is 1. The number of ether oxygens (including phenoxy) is 3. The van der Waals surface area contributed by atoms with Crippen LogP contribution in [0.1, 0.15) is 5.69 Å². The van der Waals surface area contributed by atoms with E-state index in [1.165, 1.54) is 18.4 Å². The summed E-state index contributed by atoms with van der Waals surface area (Å²) in [6, 6.07) is 5.45. The lowest BCUT2D eigenvalue weighted by molar-refractivity contribution is -0.148. The Morgan fingerprint density at radius 1 is 1.14 bits per heavy atom. The Balaban J connectivity index is 1.93. The molecule has 1 aromatic carbocycles. The predicted molar refractivity (Wildman–Crippen MR) is 102 cm³/mol. The number of thiazole rings is 1. The molecule has 0 aliphatic heterocycles. The van der Waals surface area contributed by atoms with Gasteiger partial charge in [-0.2, -0.15) is 0 Å². The van der Waals surface area contributed by atoms with Crippen molar-refractivity contribution in [3.8, 4) is 22.1 Å². The van der Waals surface area contributed by atoms with E-state index in [9.17, 15) is 14.4 Å². The molecule has 0 bridgehead atoms. The van der Waals surface area contributed by atoms with Crippen LogP contribution in [0.5, 0.6) is 11.5 Å². The second-order valence-corrected chi connectivity index (χ2v) is 6.33. The molecule has 2 rings (SSSR count). The van der Waals surface area contributed by atoms with E-state index in [0.29, 0.717) is 22.2 Å². The van der Waals surface area contributed by atoms with Gasteiger partial charge in [0.1, 0.15) is 5.01 Å². The first-order valence-corrected chi connectivity index (χ1v) is 9.15. The number of nitrogens with one attached hydrogen (secondary N) is 2. The number of esters is 1. The largest absolute Gasteiger partial charge is 0.493 e. The van der Waals surface area contributed by atoms with Crippen LogP contribution in [0.2, 0.25) is 0 Å².